The zero-order valence-corrected chi connectivity index (χ0v) is 10.0. The first kappa shape index (κ1) is 15.9. The van der Waals surface area contributed by atoms with Gasteiger partial charge in [0.05, 0.1) is 13.2 Å². The molecule has 16 heavy (non-hydrogen) atoms. The van der Waals surface area contributed by atoms with Crippen LogP contribution in [0.1, 0.15) is 12.8 Å². The lowest BCUT2D eigenvalue weighted by atomic mass is 10.5. The maximum atomic E-state index is 10.1. The third kappa shape index (κ3) is 13.9. The molecule has 0 amide bonds. The maximum Gasteiger partial charge on any atom is 0.397 e. The minimum Gasteiger partial charge on any atom is -0.381 e. The van der Waals surface area contributed by atoms with Crippen LogP contribution in [0.25, 0.3) is 0 Å². The van der Waals surface area contributed by atoms with Crippen molar-refractivity contribution in [2.75, 3.05) is 26.4 Å². The highest BCUT2D eigenvalue weighted by Gasteiger charge is 2.02. The fourth-order valence-corrected chi connectivity index (χ4v) is 1.31. The van der Waals surface area contributed by atoms with Crippen LogP contribution in [0, 0.1) is 0 Å². The number of ether oxygens (including phenoxy) is 1. The van der Waals surface area contributed by atoms with E-state index >= 15 is 0 Å². The molecule has 0 aromatic heterocycles. The van der Waals surface area contributed by atoms with Crippen LogP contribution < -0.4 is 0 Å². The Labute approximate surface area is 96.3 Å². The van der Waals surface area contributed by atoms with Crippen molar-refractivity contribution in [3.8, 4) is 0 Å². The van der Waals surface area contributed by atoms with Gasteiger partial charge < -0.3 is 4.74 Å². The average Bonchev–Trinajstić information content (AvgIpc) is 2.13. The quantitative estimate of drug-likeness (QED) is 0.319. The van der Waals surface area contributed by atoms with Gasteiger partial charge in [-0.25, -0.2) is 4.18 Å². The van der Waals surface area contributed by atoms with E-state index in [4.69, 9.17) is 13.8 Å². The van der Waals surface area contributed by atoms with Crippen LogP contribution in [0.15, 0.2) is 0 Å². The van der Waals surface area contributed by atoms with Crippen molar-refractivity contribution in [2.24, 2.45) is 0 Å². The Morgan fingerprint density at radius 3 is 2.12 bits per heavy atom. The van der Waals surface area contributed by atoms with E-state index in [0.717, 1.165) is 0 Å². The van der Waals surface area contributed by atoms with Crippen molar-refractivity contribution < 1.29 is 34.8 Å². The number of rotatable bonds is 10. The lowest BCUT2D eigenvalue weighted by Gasteiger charge is -2.03. The molecule has 0 bridgehead atoms. The summed E-state index contributed by atoms with van der Waals surface area (Å²) in [7, 11) is -4.37. The Hall–Kier alpha value is -0.100. The predicted octanol–water partition coefficient (Wildman–Crippen LogP) is -0.244. The van der Waals surface area contributed by atoms with Crippen LogP contribution in [0.5, 0.6) is 0 Å². The molecule has 0 spiro atoms. The maximum absolute atomic E-state index is 10.1. The summed E-state index contributed by atoms with van der Waals surface area (Å²) in [6, 6.07) is 0. The van der Waals surface area contributed by atoms with E-state index in [0.29, 0.717) is 19.4 Å². The summed E-state index contributed by atoms with van der Waals surface area (Å²) in [5, 5.41) is 0. The van der Waals surface area contributed by atoms with Gasteiger partial charge in [0.25, 0.3) is 0 Å². The molecule has 0 aromatic carbocycles. The number of hydrogen-bond acceptors (Lipinski definition) is 6. The van der Waals surface area contributed by atoms with Crippen LogP contribution in [0.3, 0.4) is 0 Å². The van der Waals surface area contributed by atoms with Gasteiger partial charge in [0.15, 0.2) is 0 Å². The molecule has 98 valence electrons. The van der Waals surface area contributed by atoms with Crippen molar-refractivity contribution >= 4 is 21.8 Å². The largest absolute Gasteiger partial charge is 0.397 e. The highest BCUT2D eigenvalue weighted by atomic mass is 32.3. The molecule has 0 aromatic rings. The molecule has 10 heteroatoms. The first-order valence-electron chi connectivity index (χ1n) is 4.35. The molecule has 0 rings (SSSR count). The van der Waals surface area contributed by atoms with Crippen LogP contribution in [0.2, 0.25) is 0 Å². The SMILES string of the molecule is O=S(O)OCCCOCCCOS(=O)(=O)O. The summed E-state index contributed by atoms with van der Waals surface area (Å²) >= 11 is -2.26. The third-order valence-electron chi connectivity index (χ3n) is 1.28. The second-order valence-electron chi connectivity index (χ2n) is 2.61. The monoisotopic (exact) mass is 278 g/mol. The number of hydrogen-bond donors (Lipinski definition) is 2. The predicted molar refractivity (Wildman–Crippen MR) is 54.3 cm³/mol. The molecule has 0 heterocycles. The fourth-order valence-electron chi connectivity index (χ4n) is 0.718. The molecule has 0 saturated carbocycles. The van der Waals surface area contributed by atoms with Gasteiger partial charge in [-0.15, -0.1) is 0 Å². The molecule has 1 unspecified atom stereocenters. The van der Waals surface area contributed by atoms with E-state index in [-0.39, 0.29) is 19.8 Å². The van der Waals surface area contributed by atoms with Gasteiger partial charge in [-0.2, -0.15) is 12.6 Å². The van der Waals surface area contributed by atoms with Gasteiger partial charge in [0, 0.05) is 13.2 Å². The highest BCUT2D eigenvalue weighted by molar-refractivity contribution is 7.80. The highest BCUT2D eigenvalue weighted by Crippen LogP contribution is 1.92. The molecule has 0 radical (unpaired) electrons. The van der Waals surface area contributed by atoms with Crippen molar-refractivity contribution in [1.82, 2.24) is 0 Å². The summed E-state index contributed by atoms with van der Waals surface area (Å²) < 4.78 is 60.0. The zero-order valence-electron chi connectivity index (χ0n) is 8.40. The first-order chi connectivity index (χ1) is 7.42. The summed E-state index contributed by atoms with van der Waals surface area (Å²) in [5.41, 5.74) is 0. The molecule has 0 saturated heterocycles. The molecule has 0 aliphatic heterocycles. The Balaban J connectivity index is 3.13. The van der Waals surface area contributed by atoms with Crippen LogP contribution in [-0.2, 0) is 34.9 Å². The molecule has 0 fully saturated rings. The van der Waals surface area contributed by atoms with Crippen molar-refractivity contribution in [3.05, 3.63) is 0 Å². The smallest absolute Gasteiger partial charge is 0.381 e. The molecular formula is C6H14O8S2. The summed E-state index contributed by atoms with van der Waals surface area (Å²) in [6.45, 7) is 0.529. The summed E-state index contributed by atoms with van der Waals surface area (Å²) in [6.07, 6.45) is 0.762. The zero-order chi connectivity index (χ0) is 12.4. The van der Waals surface area contributed by atoms with E-state index in [9.17, 15) is 12.6 Å². The Morgan fingerprint density at radius 1 is 1.06 bits per heavy atom. The fraction of sp³-hybridized carbons (Fsp3) is 1.00. The Kier molecular flexibility index (Phi) is 8.93. The van der Waals surface area contributed by atoms with Crippen LogP contribution in [-0.4, -0.2) is 48.2 Å². The average molecular weight is 278 g/mol. The van der Waals surface area contributed by atoms with Crippen molar-refractivity contribution in [2.45, 2.75) is 12.8 Å². The normalized spacial score (nSPS) is 13.9. The Morgan fingerprint density at radius 2 is 1.62 bits per heavy atom. The van der Waals surface area contributed by atoms with Gasteiger partial charge >= 0.3 is 21.8 Å². The van der Waals surface area contributed by atoms with Gasteiger partial charge in [0.1, 0.15) is 0 Å². The van der Waals surface area contributed by atoms with Crippen molar-refractivity contribution in [1.29, 1.82) is 0 Å². The molecule has 2 N–H and O–H groups in total. The van der Waals surface area contributed by atoms with E-state index in [1.807, 2.05) is 0 Å². The lowest BCUT2D eigenvalue weighted by Crippen LogP contribution is -2.08. The van der Waals surface area contributed by atoms with E-state index in [2.05, 4.69) is 8.37 Å². The second kappa shape index (κ2) is 8.98. The van der Waals surface area contributed by atoms with Crippen LogP contribution in [0.4, 0.5) is 0 Å². The summed E-state index contributed by atoms with van der Waals surface area (Å²) in [5.74, 6) is 0. The van der Waals surface area contributed by atoms with Gasteiger partial charge in [-0.1, -0.05) is 0 Å². The second-order valence-corrected chi connectivity index (χ2v) is 4.37. The van der Waals surface area contributed by atoms with E-state index < -0.39 is 21.8 Å². The van der Waals surface area contributed by atoms with Gasteiger partial charge in [0.2, 0.25) is 0 Å². The van der Waals surface area contributed by atoms with Crippen LogP contribution >= 0.6 is 0 Å². The van der Waals surface area contributed by atoms with Crippen molar-refractivity contribution in [3.63, 3.8) is 0 Å². The Bertz CT molecular complexity index is 287. The first-order valence-corrected chi connectivity index (χ1v) is 6.75. The topological polar surface area (TPSA) is 119 Å². The molecule has 0 aliphatic rings. The molecular weight excluding hydrogens is 264 g/mol. The minimum atomic E-state index is -4.37. The van der Waals surface area contributed by atoms with Gasteiger partial charge in [-0.05, 0) is 12.8 Å². The molecule has 0 aliphatic carbocycles. The summed E-state index contributed by atoms with van der Waals surface area (Å²) in [4.78, 5) is 0. The lowest BCUT2D eigenvalue weighted by molar-refractivity contribution is 0.107. The third-order valence-corrected chi connectivity index (χ3v) is 2.12. The van der Waals surface area contributed by atoms with E-state index in [1.165, 1.54) is 0 Å². The molecule has 1 atom stereocenters. The molecule has 8 nitrogen and oxygen atoms in total. The minimum absolute atomic E-state index is 0.102. The van der Waals surface area contributed by atoms with E-state index in [1.54, 1.807) is 0 Å². The van der Waals surface area contributed by atoms with Gasteiger partial charge in [-0.3, -0.25) is 13.3 Å². The standard InChI is InChI=1S/C6H14O8S2/c7-15(8)13-5-1-3-12-4-2-6-14-16(9,10)11/h1-6H2,(H,7,8)(H,9,10,11).